The van der Waals surface area contributed by atoms with Crippen molar-refractivity contribution in [3.05, 3.63) is 11.6 Å². The van der Waals surface area contributed by atoms with E-state index in [9.17, 15) is 10.0 Å². The molecule has 1 amide bonds. The molecule has 3 N–H and O–H groups in total. The molecule has 4 saturated carbocycles. The monoisotopic (exact) mass is 484 g/mol. The van der Waals surface area contributed by atoms with Crippen molar-refractivity contribution in [3.63, 3.8) is 0 Å². The van der Waals surface area contributed by atoms with Gasteiger partial charge in [-0.2, -0.15) is 0 Å². The Labute approximate surface area is 214 Å². The van der Waals surface area contributed by atoms with Crippen molar-refractivity contribution in [3.8, 4) is 0 Å². The summed E-state index contributed by atoms with van der Waals surface area (Å²) in [4.78, 5) is 13.1. The van der Waals surface area contributed by atoms with E-state index in [1.165, 1.54) is 45.6 Å². The Morgan fingerprint density at radius 2 is 1.60 bits per heavy atom. The zero-order chi connectivity index (χ0) is 25.8. The molecular formula is C31H52N2O2. The standard InChI is InChI=1S/C31H52N2O2/c1-26(2)22-11-14-31(7)23(29(22,5)13-12-24(26)32)10-9-20-21-19-28(4,25(34)33(8)35)16-15-27(21,3)17-18-30(20,31)6/h9,21-24,35H,10-19,32H2,1-8H3/t21-,22?,23+,24-,27+,28-,29-,30+,31+/m0/s1. The van der Waals surface area contributed by atoms with Crippen LogP contribution in [-0.2, 0) is 4.79 Å². The van der Waals surface area contributed by atoms with E-state index in [2.05, 4.69) is 54.5 Å². The van der Waals surface area contributed by atoms with Crippen molar-refractivity contribution < 1.29 is 10.0 Å². The predicted molar refractivity (Wildman–Crippen MR) is 142 cm³/mol. The summed E-state index contributed by atoms with van der Waals surface area (Å²) in [6, 6.07) is 0.313. The molecule has 4 nitrogen and oxygen atoms in total. The average Bonchev–Trinajstić information content (AvgIpc) is 2.78. The average molecular weight is 485 g/mol. The number of carbonyl (C=O) groups is 1. The van der Waals surface area contributed by atoms with Gasteiger partial charge in [-0.05, 0) is 109 Å². The number of hydroxylamine groups is 2. The number of allylic oxidation sites excluding steroid dienone is 2. The molecule has 4 fully saturated rings. The van der Waals surface area contributed by atoms with Gasteiger partial charge in [-0.15, -0.1) is 0 Å². The van der Waals surface area contributed by atoms with Crippen LogP contribution in [0.2, 0.25) is 0 Å². The summed E-state index contributed by atoms with van der Waals surface area (Å²) in [7, 11) is 1.49. The molecule has 0 bridgehead atoms. The van der Waals surface area contributed by atoms with Crippen LogP contribution in [0, 0.1) is 50.2 Å². The summed E-state index contributed by atoms with van der Waals surface area (Å²) < 4.78 is 0. The molecule has 35 heavy (non-hydrogen) atoms. The fraction of sp³-hybridized carbons (Fsp3) is 0.903. The van der Waals surface area contributed by atoms with E-state index in [0.717, 1.165) is 30.7 Å². The first-order valence-corrected chi connectivity index (χ1v) is 14.5. The molecule has 4 heteroatoms. The fourth-order valence-corrected chi connectivity index (χ4v) is 11.0. The Bertz CT molecular complexity index is 940. The molecule has 0 aromatic rings. The van der Waals surface area contributed by atoms with Gasteiger partial charge >= 0.3 is 0 Å². The van der Waals surface area contributed by atoms with Gasteiger partial charge in [0.15, 0.2) is 0 Å². The lowest BCUT2D eigenvalue weighted by atomic mass is 9.33. The molecule has 198 valence electrons. The van der Waals surface area contributed by atoms with Crippen molar-refractivity contribution in [2.75, 3.05) is 7.05 Å². The Morgan fingerprint density at radius 3 is 2.26 bits per heavy atom. The number of hydrogen-bond donors (Lipinski definition) is 2. The molecule has 0 aromatic heterocycles. The second-order valence-electron chi connectivity index (χ2n) is 15.6. The third-order valence-electron chi connectivity index (χ3n) is 13.8. The number of hydrogen-bond acceptors (Lipinski definition) is 3. The Kier molecular flexibility index (Phi) is 5.59. The first kappa shape index (κ1) is 25.8. The van der Waals surface area contributed by atoms with E-state index in [1.54, 1.807) is 5.57 Å². The molecule has 0 radical (unpaired) electrons. The highest BCUT2D eigenvalue weighted by Crippen LogP contribution is 2.75. The number of carbonyl (C=O) groups excluding carboxylic acids is 1. The highest BCUT2D eigenvalue weighted by Gasteiger charge is 2.68. The Hall–Kier alpha value is -0.870. The van der Waals surface area contributed by atoms with E-state index in [-0.39, 0.29) is 27.6 Å². The van der Waals surface area contributed by atoms with Crippen molar-refractivity contribution in [1.82, 2.24) is 5.06 Å². The molecule has 1 unspecified atom stereocenters. The van der Waals surface area contributed by atoms with Gasteiger partial charge < -0.3 is 5.73 Å². The quantitative estimate of drug-likeness (QED) is 0.240. The normalized spacial score (nSPS) is 52.8. The maximum Gasteiger partial charge on any atom is 0.251 e. The van der Waals surface area contributed by atoms with E-state index in [1.807, 2.05) is 0 Å². The lowest BCUT2D eigenvalue weighted by molar-refractivity contribution is -0.188. The van der Waals surface area contributed by atoms with Gasteiger partial charge in [0.05, 0.1) is 0 Å². The van der Waals surface area contributed by atoms with Gasteiger partial charge in [0.1, 0.15) is 0 Å². The molecule has 5 rings (SSSR count). The van der Waals surface area contributed by atoms with Gasteiger partial charge in [-0.3, -0.25) is 10.0 Å². The maximum atomic E-state index is 13.1. The predicted octanol–water partition coefficient (Wildman–Crippen LogP) is 6.96. The molecule has 5 aliphatic carbocycles. The van der Waals surface area contributed by atoms with E-state index >= 15 is 0 Å². The molecule has 0 spiro atoms. The van der Waals surface area contributed by atoms with Crippen molar-refractivity contribution in [1.29, 1.82) is 0 Å². The van der Waals surface area contributed by atoms with Crippen LogP contribution >= 0.6 is 0 Å². The molecular weight excluding hydrogens is 432 g/mol. The minimum absolute atomic E-state index is 0.110. The summed E-state index contributed by atoms with van der Waals surface area (Å²) >= 11 is 0. The van der Waals surface area contributed by atoms with Gasteiger partial charge in [-0.1, -0.05) is 60.1 Å². The van der Waals surface area contributed by atoms with Crippen LogP contribution in [0.1, 0.15) is 113 Å². The number of rotatable bonds is 1. The van der Waals surface area contributed by atoms with Crippen LogP contribution < -0.4 is 5.73 Å². The van der Waals surface area contributed by atoms with Gasteiger partial charge in [0.2, 0.25) is 0 Å². The molecule has 9 atom stereocenters. The number of nitrogens with zero attached hydrogens (tertiary/aromatic N) is 1. The lowest BCUT2D eigenvalue weighted by Crippen LogP contribution is -2.65. The smallest absolute Gasteiger partial charge is 0.251 e. The highest BCUT2D eigenvalue weighted by atomic mass is 16.5. The SMILES string of the molecule is CN(O)C(=O)[C@@]1(C)CC[C@]2(C)CC[C@]3(C)C(=CC[C@@H]4[C@@]5(C)CC[C@H](N)C(C)(C)C5CC[C@]43C)[C@@H]2C1. The topological polar surface area (TPSA) is 66.6 Å². The largest absolute Gasteiger partial charge is 0.327 e. The van der Waals surface area contributed by atoms with Crippen LogP contribution in [-0.4, -0.2) is 29.3 Å². The molecule has 0 aliphatic heterocycles. The first-order chi connectivity index (χ1) is 16.1. The van der Waals surface area contributed by atoms with Crippen LogP contribution in [0.4, 0.5) is 0 Å². The van der Waals surface area contributed by atoms with Crippen LogP contribution in [0.25, 0.3) is 0 Å². The summed E-state index contributed by atoms with van der Waals surface area (Å²) in [5.41, 5.74) is 9.18. The van der Waals surface area contributed by atoms with Gasteiger partial charge in [0.25, 0.3) is 5.91 Å². The minimum atomic E-state index is -0.475. The Morgan fingerprint density at radius 1 is 0.943 bits per heavy atom. The van der Waals surface area contributed by atoms with Crippen molar-refractivity contribution >= 4 is 5.91 Å². The van der Waals surface area contributed by atoms with Crippen molar-refractivity contribution in [2.24, 2.45) is 56.0 Å². The van der Waals surface area contributed by atoms with Crippen LogP contribution in [0.5, 0.6) is 0 Å². The van der Waals surface area contributed by atoms with Crippen molar-refractivity contribution in [2.45, 2.75) is 119 Å². The van der Waals surface area contributed by atoms with E-state index < -0.39 is 5.41 Å². The third-order valence-corrected chi connectivity index (χ3v) is 13.8. The first-order valence-electron chi connectivity index (χ1n) is 14.5. The van der Waals surface area contributed by atoms with Gasteiger partial charge in [0, 0.05) is 18.5 Å². The molecule has 0 saturated heterocycles. The molecule has 5 aliphatic rings. The van der Waals surface area contributed by atoms with E-state index in [4.69, 9.17) is 5.73 Å². The summed E-state index contributed by atoms with van der Waals surface area (Å²) in [5, 5.41) is 10.9. The van der Waals surface area contributed by atoms with Gasteiger partial charge in [-0.25, -0.2) is 5.06 Å². The van der Waals surface area contributed by atoms with E-state index in [0.29, 0.717) is 29.2 Å². The van der Waals surface area contributed by atoms with Crippen LogP contribution in [0.3, 0.4) is 0 Å². The number of fused-ring (bicyclic) bond motifs is 7. The zero-order valence-corrected chi connectivity index (χ0v) is 23.8. The second-order valence-corrected chi connectivity index (χ2v) is 15.6. The number of nitrogens with two attached hydrogens (primary N) is 1. The highest BCUT2D eigenvalue weighted by molar-refractivity contribution is 5.81. The fourth-order valence-electron chi connectivity index (χ4n) is 11.0. The third kappa shape index (κ3) is 3.20. The summed E-state index contributed by atoms with van der Waals surface area (Å²) in [6.45, 7) is 17.3. The maximum absolute atomic E-state index is 13.1. The summed E-state index contributed by atoms with van der Waals surface area (Å²) in [5.74, 6) is 1.71. The molecule has 0 heterocycles. The zero-order valence-electron chi connectivity index (χ0n) is 23.8. The minimum Gasteiger partial charge on any atom is -0.327 e. The summed E-state index contributed by atoms with van der Waals surface area (Å²) in [6.07, 6.45) is 14.2. The van der Waals surface area contributed by atoms with Crippen LogP contribution in [0.15, 0.2) is 11.6 Å². The lowest BCUT2D eigenvalue weighted by Gasteiger charge is -2.71. The molecule has 0 aromatic carbocycles. The number of amides is 1. The Balaban J connectivity index is 1.55. The second kappa shape index (κ2) is 7.59.